The number of rotatable bonds is 9. The molecule has 180 valence electrons. The molecule has 2 N–H and O–H groups in total. The summed E-state index contributed by atoms with van der Waals surface area (Å²) in [5, 5.41) is 15.5. The first-order valence-corrected chi connectivity index (χ1v) is 11.9. The van der Waals surface area contributed by atoms with Gasteiger partial charge >= 0.3 is 0 Å². The van der Waals surface area contributed by atoms with Crippen molar-refractivity contribution in [1.82, 2.24) is 15.3 Å². The van der Waals surface area contributed by atoms with E-state index in [-0.39, 0.29) is 18.2 Å². The molecule has 0 unspecified atom stereocenters. The van der Waals surface area contributed by atoms with Gasteiger partial charge in [0.25, 0.3) is 0 Å². The summed E-state index contributed by atoms with van der Waals surface area (Å²) in [5.74, 6) is 1.12. The Morgan fingerprint density at radius 1 is 1.17 bits per heavy atom. The second-order valence-electron chi connectivity index (χ2n) is 8.58. The largest absolute Gasteiger partial charge is 0.351 e. The van der Waals surface area contributed by atoms with E-state index >= 15 is 0 Å². The highest BCUT2D eigenvalue weighted by Gasteiger charge is 2.37. The lowest BCUT2D eigenvalue weighted by atomic mass is 10.2. The van der Waals surface area contributed by atoms with E-state index in [2.05, 4.69) is 33.5 Å². The molecule has 2 heterocycles. The Morgan fingerprint density at radius 3 is 2.74 bits per heavy atom. The van der Waals surface area contributed by atoms with E-state index in [1.807, 2.05) is 48.5 Å². The average molecular weight is 471 g/mol. The maximum absolute atomic E-state index is 11.9. The Bertz CT molecular complexity index is 1190. The van der Waals surface area contributed by atoms with Gasteiger partial charge in [-0.1, -0.05) is 49.7 Å². The lowest BCUT2D eigenvalue weighted by Crippen LogP contribution is -2.46. The van der Waals surface area contributed by atoms with Gasteiger partial charge in [-0.05, 0) is 36.6 Å². The molecule has 8 nitrogen and oxygen atoms in total. The molecule has 0 bridgehead atoms. The summed E-state index contributed by atoms with van der Waals surface area (Å²) in [5.41, 5.74) is 3.29. The van der Waals surface area contributed by atoms with Crippen molar-refractivity contribution in [2.24, 2.45) is 0 Å². The van der Waals surface area contributed by atoms with Crippen molar-refractivity contribution >= 4 is 23.4 Å². The van der Waals surface area contributed by atoms with Crippen molar-refractivity contribution in [3.8, 4) is 6.07 Å². The van der Waals surface area contributed by atoms with Crippen LogP contribution in [-0.2, 0) is 22.6 Å². The van der Waals surface area contributed by atoms with Crippen LogP contribution < -0.4 is 15.5 Å². The van der Waals surface area contributed by atoms with Crippen LogP contribution in [0.1, 0.15) is 43.5 Å². The highest BCUT2D eigenvalue weighted by atomic mass is 16.5. The number of amides is 1. The summed E-state index contributed by atoms with van der Waals surface area (Å²) in [7, 11) is 0. The number of anilines is 3. The van der Waals surface area contributed by atoms with Gasteiger partial charge in [-0.15, -0.1) is 0 Å². The van der Waals surface area contributed by atoms with Gasteiger partial charge < -0.3 is 20.3 Å². The zero-order valence-corrected chi connectivity index (χ0v) is 20.1. The number of nitrogens with one attached hydrogen (secondary N) is 2. The molecule has 2 atom stereocenters. The van der Waals surface area contributed by atoms with Crippen LogP contribution in [0.3, 0.4) is 0 Å². The first-order chi connectivity index (χ1) is 17.1. The van der Waals surface area contributed by atoms with Gasteiger partial charge in [-0.25, -0.2) is 4.98 Å². The van der Waals surface area contributed by atoms with Crippen LogP contribution in [0.4, 0.5) is 17.5 Å². The summed E-state index contributed by atoms with van der Waals surface area (Å²) < 4.78 is 6.35. The van der Waals surface area contributed by atoms with Gasteiger partial charge in [0, 0.05) is 30.9 Å². The quantitative estimate of drug-likeness (QED) is 0.480. The SMILES string of the molecule is CCCc1cc(N2CC[C@H](NC(C)=O)[C@@H]2OCc2ccccc2)nc(Nc2cccc(C#N)c2)n1. The fourth-order valence-corrected chi connectivity index (χ4v) is 4.24. The van der Waals surface area contributed by atoms with E-state index in [1.165, 1.54) is 6.92 Å². The Morgan fingerprint density at radius 2 is 2.00 bits per heavy atom. The zero-order chi connectivity index (χ0) is 24.6. The number of hydrogen-bond donors (Lipinski definition) is 2. The number of carbonyl (C=O) groups excluding carboxylic acids is 1. The lowest BCUT2D eigenvalue weighted by Gasteiger charge is -2.30. The third-order valence-corrected chi connectivity index (χ3v) is 5.80. The highest BCUT2D eigenvalue weighted by Crippen LogP contribution is 2.28. The number of ether oxygens (including phenoxy) is 1. The predicted molar refractivity (Wildman–Crippen MR) is 135 cm³/mol. The van der Waals surface area contributed by atoms with Crippen LogP contribution in [0, 0.1) is 11.3 Å². The third-order valence-electron chi connectivity index (χ3n) is 5.80. The highest BCUT2D eigenvalue weighted by molar-refractivity contribution is 5.73. The number of hydrogen-bond acceptors (Lipinski definition) is 7. The fraction of sp³-hybridized carbons (Fsp3) is 0.333. The maximum Gasteiger partial charge on any atom is 0.229 e. The summed E-state index contributed by atoms with van der Waals surface area (Å²) in [4.78, 5) is 23.5. The molecule has 0 saturated carbocycles. The fourth-order valence-electron chi connectivity index (χ4n) is 4.24. The Kier molecular flexibility index (Phi) is 7.91. The van der Waals surface area contributed by atoms with Crippen molar-refractivity contribution in [3.05, 3.63) is 77.5 Å². The number of benzene rings is 2. The van der Waals surface area contributed by atoms with E-state index in [4.69, 9.17) is 9.72 Å². The molecule has 1 amide bonds. The molecule has 35 heavy (non-hydrogen) atoms. The molecule has 1 aliphatic heterocycles. The molecule has 1 aromatic heterocycles. The van der Waals surface area contributed by atoms with Crippen LogP contribution in [0.5, 0.6) is 0 Å². The van der Waals surface area contributed by atoms with Crippen LogP contribution in [0.15, 0.2) is 60.7 Å². The van der Waals surface area contributed by atoms with E-state index < -0.39 is 0 Å². The summed E-state index contributed by atoms with van der Waals surface area (Å²) in [6.45, 7) is 4.76. The normalized spacial score (nSPS) is 17.1. The van der Waals surface area contributed by atoms with E-state index in [0.29, 0.717) is 24.7 Å². The minimum Gasteiger partial charge on any atom is -0.351 e. The number of nitrogens with zero attached hydrogens (tertiary/aromatic N) is 4. The van der Waals surface area contributed by atoms with Crippen molar-refractivity contribution in [2.45, 2.75) is 52.0 Å². The van der Waals surface area contributed by atoms with E-state index in [0.717, 1.165) is 42.0 Å². The predicted octanol–water partition coefficient (Wildman–Crippen LogP) is 4.30. The molecule has 0 radical (unpaired) electrons. The first-order valence-electron chi connectivity index (χ1n) is 11.9. The first kappa shape index (κ1) is 24.2. The maximum atomic E-state index is 11.9. The van der Waals surface area contributed by atoms with Crippen LogP contribution >= 0.6 is 0 Å². The topological polar surface area (TPSA) is 103 Å². The second-order valence-corrected chi connectivity index (χ2v) is 8.58. The number of carbonyl (C=O) groups is 1. The Labute approximate surface area is 206 Å². The molecular weight excluding hydrogens is 440 g/mol. The minimum atomic E-state index is -0.363. The van der Waals surface area contributed by atoms with Gasteiger partial charge in [-0.3, -0.25) is 4.79 Å². The molecule has 0 spiro atoms. The second kappa shape index (κ2) is 11.4. The van der Waals surface area contributed by atoms with Crippen LogP contribution in [-0.4, -0.2) is 34.7 Å². The third kappa shape index (κ3) is 6.34. The molecule has 8 heteroatoms. The molecule has 1 fully saturated rings. The summed E-state index contributed by atoms with van der Waals surface area (Å²) in [6.07, 6.45) is 2.14. The van der Waals surface area contributed by atoms with Crippen molar-refractivity contribution in [3.63, 3.8) is 0 Å². The molecule has 1 aliphatic rings. The van der Waals surface area contributed by atoms with Crippen LogP contribution in [0.2, 0.25) is 0 Å². The molecule has 3 aromatic rings. The number of nitriles is 1. The van der Waals surface area contributed by atoms with Crippen molar-refractivity contribution in [2.75, 3.05) is 16.8 Å². The molecule has 2 aromatic carbocycles. The minimum absolute atomic E-state index is 0.0840. The van der Waals surface area contributed by atoms with E-state index in [1.54, 1.807) is 12.1 Å². The Hall–Kier alpha value is -3.96. The monoisotopic (exact) mass is 470 g/mol. The van der Waals surface area contributed by atoms with Crippen LogP contribution in [0.25, 0.3) is 0 Å². The lowest BCUT2D eigenvalue weighted by molar-refractivity contribution is -0.120. The number of aryl methyl sites for hydroxylation is 1. The van der Waals surface area contributed by atoms with E-state index in [9.17, 15) is 10.1 Å². The molecule has 0 aliphatic carbocycles. The van der Waals surface area contributed by atoms with Crippen molar-refractivity contribution < 1.29 is 9.53 Å². The number of aromatic nitrogens is 2. The van der Waals surface area contributed by atoms with Gasteiger partial charge in [-0.2, -0.15) is 10.2 Å². The molecule has 4 rings (SSSR count). The van der Waals surface area contributed by atoms with Gasteiger partial charge in [0.15, 0.2) is 6.23 Å². The average Bonchev–Trinajstić information content (AvgIpc) is 3.25. The summed E-state index contributed by atoms with van der Waals surface area (Å²) >= 11 is 0. The smallest absolute Gasteiger partial charge is 0.229 e. The van der Waals surface area contributed by atoms with Crippen molar-refractivity contribution in [1.29, 1.82) is 5.26 Å². The Balaban J connectivity index is 1.62. The van der Waals surface area contributed by atoms with Gasteiger partial charge in [0.05, 0.1) is 24.3 Å². The summed E-state index contributed by atoms with van der Waals surface area (Å²) in [6, 6.07) is 21.2. The zero-order valence-electron chi connectivity index (χ0n) is 20.1. The standard InChI is InChI=1S/C27H30N6O2/c1-3-8-22-16-25(32-27(30-22)31-23-12-7-11-21(15-23)17-28)33-14-13-24(29-19(2)34)26(33)35-18-20-9-5-4-6-10-20/h4-7,9-12,15-16,24,26H,3,8,13-14,18H2,1-2H3,(H,29,34)(H,30,31,32)/t24-,26-/m0/s1. The molecule has 1 saturated heterocycles. The van der Waals surface area contributed by atoms with Gasteiger partial charge in [0.2, 0.25) is 11.9 Å². The molecular formula is C27H30N6O2. The van der Waals surface area contributed by atoms with Gasteiger partial charge in [0.1, 0.15) is 5.82 Å².